The Morgan fingerprint density at radius 3 is 2.61 bits per heavy atom. The van der Waals surface area contributed by atoms with Crippen LogP contribution in [-0.4, -0.2) is 60.7 Å². The van der Waals surface area contributed by atoms with Gasteiger partial charge < -0.3 is 10.1 Å². The molecule has 2 aromatic rings. The Bertz CT molecular complexity index is 948. The lowest BCUT2D eigenvalue weighted by atomic mass is 10.3. The molecule has 1 aliphatic rings. The van der Waals surface area contributed by atoms with Crippen LogP contribution in [-0.2, 0) is 14.8 Å². The molecule has 0 unspecified atom stereocenters. The maximum absolute atomic E-state index is 12.6. The van der Waals surface area contributed by atoms with E-state index in [0.29, 0.717) is 37.1 Å². The monoisotopic (exact) mass is 442 g/mol. The molecule has 1 amide bonds. The number of hydrogen-bond acceptors (Lipinski definition) is 7. The number of benzene rings is 1. The Morgan fingerprint density at radius 2 is 1.96 bits per heavy atom. The second kappa shape index (κ2) is 9.19. The number of sulfonamides is 1. The molecule has 1 fully saturated rings. The van der Waals surface area contributed by atoms with Gasteiger partial charge >= 0.3 is 0 Å². The quantitative estimate of drug-likeness (QED) is 0.541. The first kappa shape index (κ1) is 21.0. The standard InChI is InChI=1S/C17H19ClN4O4S2/c1-2-27-17-19-11-14(18)15(21-17)16(23)20-12-3-5-13(6-4-12)28(24,25)22-7-9-26-10-8-22/h3-6,11H,2,7-10H2,1H3,(H,20,23). The van der Waals surface area contributed by atoms with Crippen molar-refractivity contribution in [2.24, 2.45) is 0 Å². The van der Waals surface area contributed by atoms with Gasteiger partial charge in [-0.25, -0.2) is 18.4 Å². The summed E-state index contributed by atoms with van der Waals surface area (Å²) in [4.78, 5) is 20.9. The first-order valence-electron chi connectivity index (χ1n) is 8.56. The third-order valence-electron chi connectivity index (χ3n) is 3.93. The van der Waals surface area contributed by atoms with Gasteiger partial charge in [-0.15, -0.1) is 0 Å². The van der Waals surface area contributed by atoms with Gasteiger partial charge in [0.25, 0.3) is 5.91 Å². The van der Waals surface area contributed by atoms with Crippen molar-refractivity contribution in [1.29, 1.82) is 0 Å². The minimum absolute atomic E-state index is 0.0673. The summed E-state index contributed by atoms with van der Waals surface area (Å²) >= 11 is 7.44. The molecule has 1 saturated heterocycles. The lowest BCUT2D eigenvalue weighted by Gasteiger charge is -2.26. The number of anilines is 1. The molecule has 3 rings (SSSR count). The van der Waals surface area contributed by atoms with Crippen LogP contribution in [0.4, 0.5) is 5.69 Å². The zero-order valence-electron chi connectivity index (χ0n) is 15.1. The van der Waals surface area contributed by atoms with Crippen molar-refractivity contribution in [2.45, 2.75) is 17.0 Å². The smallest absolute Gasteiger partial charge is 0.275 e. The summed E-state index contributed by atoms with van der Waals surface area (Å²) in [6.45, 7) is 3.36. The van der Waals surface area contributed by atoms with Gasteiger partial charge in [-0.05, 0) is 30.0 Å². The first-order chi connectivity index (χ1) is 13.4. The third-order valence-corrected chi connectivity index (χ3v) is 6.86. The van der Waals surface area contributed by atoms with Crippen molar-refractivity contribution in [3.63, 3.8) is 0 Å². The molecular weight excluding hydrogens is 424 g/mol. The minimum atomic E-state index is -3.58. The molecule has 1 N–H and O–H groups in total. The number of thioether (sulfide) groups is 1. The molecule has 0 radical (unpaired) electrons. The van der Waals surface area contributed by atoms with E-state index in [1.807, 2.05) is 6.92 Å². The number of hydrogen-bond donors (Lipinski definition) is 1. The predicted octanol–water partition coefficient (Wildman–Crippen LogP) is 2.52. The largest absolute Gasteiger partial charge is 0.379 e. The fraction of sp³-hybridized carbons (Fsp3) is 0.353. The number of ether oxygens (including phenoxy) is 1. The molecule has 0 atom stereocenters. The maximum atomic E-state index is 12.6. The third kappa shape index (κ3) is 4.81. The van der Waals surface area contributed by atoms with Gasteiger partial charge in [0.15, 0.2) is 10.9 Å². The number of aromatic nitrogens is 2. The highest BCUT2D eigenvalue weighted by Crippen LogP contribution is 2.22. The predicted molar refractivity (Wildman–Crippen MR) is 107 cm³/mol. The molecule has 0 spiro atoms. The Morgan fingerprint density at radius 1 is 1.29 bits per heavy atom. The number of rotatable bonds is 6. The van der Waals surface area contributed by atoms with Gasteiger partial charge in [0.1, 0.15) is 0 Å². The van der Waals surface area contributed by atoms with Crippen molar-refractivity contribution in [1.82, 2.24) is 14.3 Å². The first-order valence-corrected chi connectivity index (χ1v) is 11.4. The number of carbonyl (C=O) groups is 1. The summed E-state index contributed by atoms with van der Waals surface area (Å²) in [6, 6.07) is 5.98. The van der Waals surface area contributed by atoms with Crippen LogP contribution in [0.1, 0.15) is 17.4 Å². The van der Waals surface area contributed by atoms with Crippen LogP contribution < -0.4 is 5.32 Å². The number of nitrogens with zero attached hydrogens (tertiary/aromatic N) is 3. The normalized spacial score (nSPS) is 15.4. The molecular formula is C17H19ClN4O4S2. The molecule has 0 bridgehead atoms. The number of halogens is 1. The van der Waals surface area contributed by atoms with Crippen LogP contribution >= 0.6 is 23.4 Å². The van der Waals surface area contributed by atoms with Gasteiger partial charge in [-0.1, -0.05) is 30.3 Å². The molecule has 150 valence electrons. The molecule has 2 heterocycles. The van der Waals surface area contributed by atoms with Gasteiger partial charge in [-0.3, -0.25) is 4.79 Å². The van der Waals surface area contributed by atoms with Crippen molar-refractivity contribution >= 4 is 45.0 Å². The van der Waals surface area contributed by atoms with Crippen molar-refractivity contribution < 1.29 is 17.9 Å². The van der Waals surface area contributed by atoms with Crippen LogP contribution in [0.2, 0.25) is 5.02 Å². The lowest BCUT2D eigenvalue weighted by molar-refractivity contribution is 0.0730. The van der Waals surface area contributed by atoms with E-state index in [9.17, 15) is 13.2 Å². The number of carbonyl (C=O) groups excluding carboxylic acids is 1. The van der Waals surface area contributed by atoms with E-state index in [-0.39, 0.29) is 15.6 Å². The van der Waals surface area contributed by atoms with E-state index in [1.54, 1.807) is 0 Å². The molecule has 11 heteroatoms. The zero-order valence-corrected chi connectivity index (χ0v) is 17.5. The summed E-state index contributed by atoms with van der Waals surface area (Å²) in [5.41, 5.74) is 0.503. The average Bonchev–Trinajstić information content (AvgIpc) is 2.70. The van der Waals surface area contributed by atoms with Crippen LogP contribution in [0.3, 0.4) is 0 Å². The van der Waals surface area contributed by atoms with E-state index in [0.717, 1.165) is 5.75 Å². The van der Waals surface area contributed by atoms with Gasteiger partial charge in [0, 0.05) is 18.8 Å². The highest BCUT2D eigenvalue weighted by Gasteiger charge is 2.26. The van der Waals surface area contributed by atoms with E-state index in [1.165, 1.54) is 46.5 Å². The maximum Gasteiger partial charge on any atom is 0.275 e. The number of morpholine rings is 1. The summed E-state index contributed by atoms with van der Waals surface area (Å²) in [6.07, 6.45) is 1.39. The summed E-state index contributed by atoms with van der Waals surface area (Å²) in [7, 11) is -3.58. The van der Waals surface area contributed by atoms with Crippen LogP contribution in [0.25, 0.3) is 0 Å². The van der Waals surface area contributed by atoms with Crippen LogP contribution in [0.15, 0.2) is 40.5 Å². The van der Waals surface area contributed by atoms with Gasteiger partial charge in [0.2, 0.25) is 10.0 Å². The Labute approximate surface area is 172 Å². The number of nitrogens with one attached hydrogen (secondary N) is 1. The van der Waals surface area contributed by atoms with E-state index >= 15 is 0 Å². The molecule has 0 aliphatic carbocycles. The zero-order chi connectivity index (χ0) is 20.1. The molecule has 0 saturated carbocycles. The lowest BCUT2D eigenvalue weighted by Crippen LogP contribution is -2.40. The molecule has 8 nitrogen and oxygen atoms in total. The topological polar surface area (TPSA) is 101 Å². The average molecular weight is 443 g/mol. The van der Waals surface area contributed by atoms with Crippen LogP contribution in [0.5, 0.6) is 0 Å². The van der Waals surface area contributed by atoms with Crippen molar-refractivity contribution in [3.8, 4) is 0 Å². The highest BCUT2D eigenvalue weighted by molar-refractivity contribution is 7.99. The fourth-order valence-corrected chi connectivity index (χ4v) is 4.67. The Balaban J connectivity index is 1.74. The molecule has 28 heavy (non-hydrogen) atoms. The Kier molecular flexibility index (Phi) is 6.89. The molecule has 1 aromatic carbocycles. The van der Waals surface area contributed by atoms with Gasteiger partial charge in [-0.2, -0.15) is 4.31 Å². The Hall–Kier alpha value is -1.72. The fourth-order valence-electron chi connectivity index (χ4n) is 2.55. The SMILES string of the molecule is CCSc1ncc(Cl)c(C(=O)Nc2ccc(S(=O)(=O)N3CCOCC3)cc2)n1. The van der Waals surface area contributed by atoms with E-state index in [2.05, 4.69) is 15.3 Å². The minimum Gasteiger partial charge on any atom is -0.379 e. The number of amides is 1. The second-order valence-corrected chi connectivity index (χ2v) is 9.35. The summed E-state index contributed by atoms with van der Waals surface area (Å²) < 4.78 is 31.8. The summed E-state index contributed by atoms with van der Waals surface area (Å²) in [5, 5.41) is 3.28. The highest BCUT2D eigenvalue weighted by atomic mass is 35.5. The molecule has 1 aromatic heterocycles. The van der Waals surface area contributed by atoms with Crippen LogP contribution in [0, 0.1) is 0 Å². The van der Waals surface area contributed by atoms with E-state index in [4.69, 9.17) is 16.3 Å². The van der Waals surface area contributed by atoms with Crippen molar-refractivity contribution in [2.75, 3.05) is 37.4 Å². The van der Waals surface area contributed by atoms with Crippen molar-refractivity contribution in [3.05, 3.63) is 41.2 Å². The summed E-state index contributed by atoms with van der Waals surface area (Å²) in [5.74, 6) is 0.274. The van der Waals surface area contributed by atoms with E-state index < -0.39 is 15.9 Å². The second-order valence-electron chi connectivity index (χ2n) is 5.78. The van der Waals surface area contributed by atoms with Gasteiger partial charge in [0.05, 0.1) is 29.3 Å². The molecule has 1 aliphatic heterocycles.